The molecule has 0 spiro atoms. The number of hydrogen-bond donors (Lipinski definition) is 1. The summed E-state index contributed by atoms with van der Waals surface area (Å²) in [5.74, 6) is -0.638. The van der Waals surface area contributed by atoms with Crippen LogP contribution in [-0.4, -0.2) is 6.61 Å². The number of halogens is 3. The standard InChI is InChI=1S/C15H14BrF2NO/c1-2-20-9-6-7-10(11(16)8-9)15(19)14-12(17)4-3-5-13(14)18/h3-8,15H,2,19H2,1H3. The van der Waals surface area contributed by atoms with Crippen LogP contribution in [0.3, 0.4) is 0 Å². The zero-order chi connectivity index (χ0) is 14.7. The minimum absolute atomic E-state index is 0.141. The first-order valence-corrected chi connectivity index (χ1v) is 6.95. The summed E-state index contributed by atoms with van der Waals surface area (Å²) in [7, 11) is 0. The van der Waals surface area contributed by atoms with Gasteiger partial charge in [0.1, 0.15) is 17.4 Å². The van der Waals surface area contributed by atoms with Crippen molar-refractivity contribution in [3.8, 4) is 5.75 Å². The van der Waals surface area contributed by atoms with E-state index in [1.54, 1.807) is 18.2 Å². The van der Waals surface area contributed by atoms with Crippen molar-refractivity contribution < 1.29 is 13.5 Å². The maximum absolute atomic E-state index is 13.8. The van der Waals surface area contributed by atoms with Crippen LogP contribution < -0.4 is 10.5 Å². The lowest BCUT2D eigenvalue weighted by Crippen LogP contribution is -2.16. The molecule has 0 aliphatic heterocycles. The van der Waals surface area contributed by atoms with Gasteiger partial charge in [-0.15, -0.1) is 0 Å². The van der Waals surface area contributed by atoms with Gasteiger partial charge in [-0.25, -0.2) is 8.78 Å². The van der Waals surface area contributed by atoms with Gasteiger partial charge in [0.05, 0.1) is 12.6 Å². The Morgan fingerprint density at radius 1 is 1.20 bits per heavy atom. The Balaban J connectivity index is 2.41. The van der Waals surface area contributed by atoms with Gasteiger partial charge in [-0.3, -0.25) is 0 Å². The minimum Gasteiger partial charge on any atom is -0.494 e. The number of hydrogen-bond acceptors (Lipinski definition) is 2. The number of rotatable bonds is 4. The van der Waals surface area contributed by atoms with Crippen LogP contribution in [0.2, 0.25) is 0 Å². The van der Waals surface area contributed by atoms with Gasteiger partial charge >= 0.3 is 0 Å². The average molecular weight is 342 g/mol. The third-order valence-electron chi connectivity index (χ3n) is 2.93. The number of ether oxygens (including phenoxy) is 1. The Morgan fingerprint density at radius 2 is 1.85 bits per heavy atom. The summed E-state index contributed by atoms with van der Waals surface area (Å²) < 4.78 is 33.5. The Morgan fingerprint density at radius 3 is 2.40 bits per heavy atom. The van der Waals surface area contributed by atoms with E-state index in [-0.39, 0.29) is 5.56 Å². The van der Waals surface area contributed by atoms with Gasteiger partial charge in [0, 0.05) is 10.0 Å². The van der Waals surface area contributed by atoms with E-state index in [1.807, 2.05) is 6.92 Å². The molecule has 0 heterocycles. The number of benzene rings is 2. The third kappa shape index (κ3) is 2.99. The quantitative estimate of drug-likeness (QED) is 0.905. The highest BCUT2D eigenvalue weighted by atomic mass is 79.9. The van der Waals surface area contributed by atoms with Crippen molar-refractivity contribution in [1.29, 1.82) is 0 Å². The molecule has 0 saturated carbocycles. The Labute approximate surface area is 124 Å². The predicted molar refractivity (Wildman–Crippen MR) is 77.7 cm³/mol. The van der Waals surface area contributed by atoms with Crippen LogP contribution in [0.15, 0.2) is 40.9 Å². The fourth-order valence-electron chi connectivity index (χ4n) is 1.98. The lowest BCUT2D eigenvalue weighted by Gasteiger charge is -2.16. The van der Waals surface area contributed by atoms with Gasteiger partial charge in [0.25, 0.3) is 0 Å². The van der Waals surface area contributed by atoms with Crippen LogP contribution >= 0.6 is 15.9 Å². The zero-order valence-electron chi connectivity index (χ0n) is 10.9. The van der Waals surface area contributed by atoms with E-state index in [9.17, 15) is 8.78 Å². The summed E-state index contributed by atoms with van der Waals surface area (Å²) >= 11 is 3.36. The van der Waals surface area contributed by atoms with Crippen molar-refractivity contribution >= 4 is 15.9 Å². The molecule has 0 saturated heterocycles. The van der Waals surface area contributed by atoms with E-state index in [1.165, 1.54) is 18.2 Å². The van der Waals surface area contributed by atoms with E-state index in [2.05, 4.69) is 15.9 Å². The molecule has 2 rings (SSSR count). The van der Waals surface area contributed by atoms with Crippen LogP contribution in [0.4, 0.5) is 8.78 Å². The molecule has 2 aromatic carbocycles. The van der Waals surface area contributed by atoms with Crippen molar-refractivity contribution in [3.63, 3.8) is 0 Å². The molecule has 1 unspecified atom stereocenters. The van der Waals surface area contributed by atoms with Gasteiger partial charge in [-0.05, 0) is 36.8 Å². The molecule has 0 aliphatic rings. The first-order valence-electron chi connectivity index (χ1n) is 6.16. The monoisotopic (exact) mass is 341 g/mol. The van der Waals surface area contributed by atoms with Crippen LogP contribution in [0.1, 0.15) is 24.1 Å². The van der Waals surface area contributed by atoms with E-state index >= 15 is 0 Å². The van der Waals surface area contributed by atoms with Gasteiger partial charge in [0.15, 0.2) is 0 Å². The smallest absolute Gasteiger partial charge is 0.131 e. The van der Waals surface area contributed by atoms with Crippen molar-refractivity contribution in [3.05, 3.63) is 63.6 Å². The average Bonchev–Trinajstić information content (AvgIpc) is 2.38. The van der Waals surface area contributed by atoms with Crippen molar-refractivity contribution in [2.75, 3.05) is 6.61 Å². The van der Waals surface area contributed by atoms with Gasteiger partial charge in [0.2, 0.25) is 0 Å². The lowest BCUT2D eigenvalue weighted by atomic mass is 9.98. The maximum atomic E-state index is 13.8. The normalized spacial score (nSPS) is 12.2. The second kappa shape index (κ2) is 6.33. The van der Waals surface area contributed by atoms with Gasteiger partial charge in [-0.2, -0.15) is 0 Å². The summed E-state index contributed by atoms with van der Waals surface area (Å²) in [6.45, 7) is 2.42. The minimum atomic E-state index is -0.888. The maximum Gasteiger partial charge on any atom is 0.131 e. The molecule has 0 bridgehead atoms. The molecular weight excluding hydrogens is 328 g/mol. The van der Waals surface area contributed by atoms with Crippen LogP contribution in [0.5, 0.6) is 5.75 Å². The van der Waals surface area contributed by atoms with Crippen LogP contribution in [-0.2, 0) is 0 Å². The molecule has 0 amide bonds. The first kappa shape index (κ1) is 14.9. The topological polar surface area (TPSA) is 35.2 Å². The lowest BCUT2D eigenvalue weighted by molar-refractivity contribution is 0.340. The van der Waals surface area contributed by atoms with E-state index < -0.39 is 17.7 Å². The van der Waals surface area contributed by atoms with Crippen molar-refractivity contribution in [2.24, 2.45) is 5.73 Å². The first-order chi connectivity index (χ1) is 9.54. The van der Waals surface area contributed by atoms with Crippen molar-refractivity contribution in [2.45, 2.75) is 13.0 Å². The fraction of sp³-hybridized carbons (Fsp3) is 0.200. The second-order valence-electron chi connectivity index (χ2n) is 4.23. The molecule has 0 aliphatic carbocycles. The molecule has 2 aromatic rings. The van der Waals surface area contributed by atoms with Gasteiger partial charge < -0.3 is 10.5 Å². The Kier molecular flexibility index (Phi) is 4.73. The summed E-state index contributed by atoms with van der Waals surface area (Å²) in [5, 5.41) is 0. The van der Waals surface area contributed by atoms with Gasteiger partial charge in [-0.1, -0.05) is 28.1 Å². The fourth-order valence-corrected chi connectivity index (χ4v) is 2.58. The van der Waals surface area contributed by atoms with Crippen LogP contribution in [0, 0.1) is 11.6 Å². The Hall–Kier alpha value is -1.46. The summed E-state index contributed by atoms with van der Waals surface area (Å²) in [6, 6.07) is 7.97. The predicted octanol–water partition coefficient (Wildman–Crippen LogP) is 4.17. The largest absolute Gasteiger partial charge is 0.494 e. The molecule has 2 nitrogen and oxygen atoms in total. The summed E-state index contributed by atoms with van der Waals surface area (Å²) in [5.41, 5.74) is 6.45. The summed E-state index contributed by atoms with van der Waals surface area (Å²) in [4.78, 5) is 0. The Bertz CT molecular complexity index is 599. The zero-order valence-corrected chi connectivity index (χ0v) is 12.5. The van der Waals surface area contributed by atoms with E-state index in [0.29, 0.717) is 22.4 Å². The molecule has 0 radical (unpaired) electrons. The third-order valence-corrected chi connectivity index (χ3v) is 3.62. The molecule has 0 aromatic heterocycles. The highest BCUT2D eigenvalue weighted by Gasteiger charge is 2.20. The summed E-state index contributed by atoms with van der Waals surface area (Å²) in [6.07, 6.45) is 0. The molecule has 2 N–H and O–H groups in total. The highest BCUT2D eigenvalue weighted by Crippen LogP contribution is 2.32. The molecule has 1 atom stereocenters. The molecule has 20 heavy (non-hydrogen) atoms. The van der Waals surface area contributed by atoms with E-state index in [4.69, 9.17) is 10.5 Å². The highest BCUT2D eigenvalue weighted by molar-refractivity contribution is 9.10. The molecule has 106 valence electrons. The number of nitrogens with two attached hydrogens (primary N) is 1. The second-order valence-corrected chi connectivity index (χ2v) is 5.08. The SMILES string of the molecule is CCOc1ccc(C(N)c2c(F)cccc2F)c(Br)c1. The molecule has 0 fully saturated rings. The van der Waals surface area contributed by atoms with Crippen molar-refractivity contribution in [1.82, 2.24) is 0 Å². The van der Waals surface area contributed by atoms with Crippen LogP contribution in [0.25, 0.3) is 0 Å². The van der Waals surface area contributed by atoms with E-state index in [0.717, 1.165) is 0 Å². The molecule has 5 heteroatoms. The molecular formula is C15H14BrF2NO.